The van der Waals surface area contributed by atoms with Gasteiger partial charge in [-0.2, -0.15) is 0 Å². The molecule has 0 aliphatic carbocycles. The second-order valence-electron chi connectivity index (χ2n) is 6.90. The first-order chi connectivity index (χ1) is 10.0. The van der Waals surface area contributed by atoms with Crippen LogP contribution in [0.1, 0.15) is 34.1 Å². The fourth-order valence-corrected chi connectivity index (χ4v) is 3.23. The zero-order valence-corrected chi connectivity index (χ0v) is 14.1. The average molecular weight is 290 g/mol. The number of hydrogen-bond acceptors (Lipinski definition) is 3. The number of piperazine rings is 1. The van der Waals surface area contributed by atoms with Gasteiger partial charge >= 0.3 is 0 Å². The van der Waals surface area contributed by atoms with Crippen LogP contribution in [-0.2, 0) is 0 Å². The quantitative estimate of drug-likeness (QED) is 0.897. The molecule has 0 saturated carbocycles. The van der Waals surface area contributed by atoms with Crippen LogP contribution in [0.5, 0.6) is 5.75 Å². The largest absolute Gasteiger partial charge is 0.497 e. The summed E-state index contributed by atoms with van der Waals surface area (Å²) in [5.41, 5.74) is 1.31. The summed E-state index contributed by atoms with van der Waals surface area (Å²) in [7, 11) is 1.72. The predicted octanol–water partition coefficient (Wildman–Crippen LogP) is 3.54. The standard InChI is InChI=1S/C18H30N2O/c1-13(2)10-15-12-20(18(11-19-15)14(3)4)16-6-8-17(21-5)9-7-16/h6-9,13-15,18-19H,10-12H2,1-5H3. The topological polar surface area (TPSA) is 24.5 Å². The fraction of sp³-hybridized carbons (Fsp3) is 0.667. The van der Waals surface area contributed by atoms with Crippen molar-refractivity contribution in [3.63, 3.8) is 0 Å². The van der Waals surface area contributed by atoms with Gasteiger partial charge in [0.1, 0.15) is 5.75 Å². The second kappa shape index (κ2) is 7.17. The van der Waals surface area contributed by atoms with Crippen molar-refractivity contribution in [1.29, 1.82) is 0 Å². The van der Waals surface area contributed by atoms with E-state index < -0.39 is 0 Å². The summed E-state index contributed by atoms with van der Waals surface area (Å²) in [5, 5.41) is 3.74. The van der Waals surface area contributed by atoms with Crippen molar-refractivity contribution in [3.05, 3.63) is 24.3 Å². The first-order valence-corrected chi connectivity index (χ1v) is 8.15. The molecule has 21 heavy (non-hydrogen) atoms. The van der Waals surface area contributed by atoms with Gasteiger partial charge in [0.15, 0.2) is 0 Å². The molecule has 0 radical (unpaired) electrons. The van der Waals surface area contributed by atoms with Gasteiger partial charge in [-0.05, 0) is 42.5 Å². The molecule has 0 spiro atoms. The van der Waals surface area contributed by atoms with E-state index >= 15 is 0 Å². The Morgan fingerprint density at radius 1 is 1.19 bits per heavy atom. The zero-order chi connectivity index (χ0) is 15.4. The molecule has 0 bridgehead atoms. The van der Waals surface area contributed by atoms with Gasteiger partial charge in [0.25, 0.3) is 0 Å². The zero-order valence-electron chi connectivity index (χ0n) is 14.1. The van der Waals surface area contributed by atoms with Crippen LogP contribution in [0.2, 0.25) is 0 Å². The number of ether oxygens (including phenoxy) is 1. The highest BCUT2D eigenvalue weighted by molar-refractivity contribution is 5.51. The highest BCUT2D eigenvalue weighted by atomic mass is 16.5. The van der Waals surface area contributed by atoms with E-state index in [9.17, 15) is 0 Å². The Labute approximate surface area is 129 Å². The fourth-order valence-electron chi connectivity index (χ4n) is 3.23. The van der Waals surface area contributed by atoms with Gasteiger partial charge in [0.05, 0.1) is 7.11 Å². The van der Waals surface area contributed by atoms with Gasteiger partial charge in [-0.15, -0.1) is 0 Å². The summed E-state index contributed by atoms with van der Waals surface area (Å²) in [6.45, 7) is 11.4. The van der Waals surface area contributed by atoms with E-state index in [1.807, 2.05) is 0 Å². The molecule has 2 rings (SSSR count). The molecule has 2 atom stereocenters. The minimum atomic E-state index is 0.557. The van der Waals surface area contributed by atoms with Gasteiger partial charge in [0, 0.05) is 30.9 Å². The molecule has 3 nitrogen and oxygen atoms in total. The number of nitrogens with zero attached hydrogens (tertiary/aromatic N) is 1. The molecule has 1 saturated heterocycles. The van der Waals surface area contributed by atoms with Crippen LogP contribution in [-0.4, -0.2) is 32.3 Å². The Balaban J connectivity index is 2.16. The lowest BCUT2D eigenvalue weighted by atomic mass is 9.94. The molecule has 1 aromatic rings. The van der Waals surface area contributed by atoms with Gasteiger partial charge in [-0.3, -0.25) is 0 Å². The van der Waals surface area contributed by atoms with Crippen molar-refractivity contribution in [1.82, 2.24) is 5.32 Å². The van der Waals surface area contributed by atoms with Crippen LogP contribution >= 0.6 is 0 Å². The molecule has 118 valence electrons. The third kappa shape index (κ3) is 4.13. The molecule has 1 aromatic carbocycles. The number of nitrogens with one attached hydrogen (secondary N) is 1. The van der Waals surface area contributed by atoms with Crippen molar-refractivity contribution in [2.45, 2.75) is 46.2 Å². The second-order valence-corrected chi connectivity index (χ2v) is 6.90. The molecule has 1 heterocycles. The number of hydrogen-bond donors (Lipinski definition) is 1. The molecule has 1 N–H and O–H groups in total. The van der Waals surface area contributed by atoms with Crippen LogP contribution in [0.15, 0.2) is 24.3 Å². The molecule has 1 aliphatic rings. The Bertz CT molecular complexity index is 427. The summed E-state index contributed by atoms with van der Waals surface area (Å²) in [6.07, 6.45) is 1.23. The van der Waals surface area contributed by atoms with Crippen LogP contribution in [0, 0.1) is 11.8 Å². The summed E-state index contributed by atoms with van der Waals surface area (Å²) in [4.78, 5) is 2.58. The van der Waals surface area contributed by atoms with Crippen molar-refractivity contribution in [2.75, 3.05) is 25.1 Å². The van der Waals surface area contributed by atoms with E-state index in [0.29, 0.717) is 18.0 Å². The monoisotopic (exact) mass is 290 g/mol. The van der Waals surface area contributed by atoms with E-state index in [2.05, 4.69) is 62.2 Å². The van der Waals surface area contributed by atoms with Crippen LogP contribution in [0.3, 0.4) is 0 Å². The Morgan fingerprint density at radius 2 is 1.86 bits per heavy atom. The van der Waals surface area contributed by atoms with E-state index in [1.165, 1.54) is 12.1 Å². The van der Waals surface area contributed by atoms with Crippen molar-refractivity contribution < 1.29 is 4.74 Å². The van der Waals surface area contributed by atoms with Crippen LogP contribution < -0.4 is 15.0 Å². The predicted molar refractivity (Wildman–Crippen MR) is 90.2 cm³/mol. The lowest BCUT2D eigenvalue weighted by Crippen LogP contribution is -2.58. The maximum atomic E-state index is 5.27. The Hall–Kier alpha value is -1.22. The molecule has 1 fully saturated rings. The number of benzene rings is 1. The minimum absolute atomic E-state index is 0.557. The summed E-state index contributed by atoms with van der Waals surface area (Å²) in [5.74, 6) is 2.30. The molecule has 1 aliphatic heterocycles. The summed E-state index contributed by atoms with van der Waals surface area (Å²) >= 11 is 0. The highest BCUT2D eigenvalue weighted by Gasteiger charge is 2.30. The third-order valence-electron chi connectivity index (χ3n) is 4.36. The van der Waals surface area contributed by atoms with E-state index in [4.69, 9.17) is 4.74 Å². The van der Waals surface area contributed by atoms with Gasteiger partial charge in [-0.25, -0.2) is 0 Å². The summed E-state index contributed by atoms with van der Waals surface area (Å²) in [6, 6.07) is 9.64. The van der Waals surface area contributed by atoms with E-state index in [-0.39, 0.29) is 0 Å². The normalized spacial score (nSPS) is 22.9. The first-order valence-electron chi connectivity index (χ1n) is 8.15. The number of anilines is 1. The molecule has 0 amide bonds. The van der Waals surface area contributed by atoms with Crippen molar-refractivity contribution >= 4 is 5.69 Å². The van der Waals surface area contributed by atoms with Crippen molar-refractivity contribution in [2.24, 2.45) is 11.8 Å². The van der Waals surface area contributed by atoms with E-state index in [1.54, 1.807) is 7.11 Å². The average Bonchev–Trinajstić information content (AvgIpc) is 2.46. The molecule has 0 aromatic heterocycles. The molecule has 2 unspecified atom stereocenters. The lowest BCUT2D eigenvalue weighted by molar-refractivity contribution is 0.310. The van der Waals surface area contributed by atoms with Crippen LogP contribution in [0.25, 0.3) is 0 Å². The smallest absolute Gasteiger partial charge is 0.119 e. The van der Waals surface area contributed by atoms with Crippen LogP contribution in [0.4, 0.5) is 5.69 Å². The summed E-state index contributed by atoms with van der Waals surface area (Å²) < 4.78 is 5.27. The maximum Gasteiger partial charge on any atom is 0.119 e. The SMILES string of the molecule is COc1ccc(N2CC(CC(C)C)NCC2C(C)C)cc1. The third-order valence-corrected chi connectivity index (χ3v) is 4.36. The number of rotatable bonds is 5. The highest BCUT2D eigenvalue weighted by Crippen LogP contribution is 2.27. The Kier molecular flexibility index (Phi) is 5.51. The van der Waals surface area contributed by atoms with E-state index in [0.717, 1.165) is 24.8 Å². The lowest BCUT2D eigenvalue weighted by Gasteiger charge is -2.44. The first kappa shape index (κ1) is 16.2. The van der Waals surface area contributed by atoms with Gasteiger partial charge in [-0.1, -0.05) is 27.7 Å². The number of methoxy groups -OCH3 is 1. The van der Waals surface area contributed by atoms with Gasteiger partial charge < -0.3 is 15.0 Å². The van der Waals surface area contributed by atoms with Gasteiger partial charge in [0.2, 0.25) is 0 Å². The van der Waals surface area contributed by atoms with Crippen molar-refractivity contribution in [3.8, 4) is 5.75 Å². The molecular weight excluding hydrogens is 260 g/mol. The molecular formula is C18H30N2O. The Morgan fingerprint density at radius 3 is 2.38 bits per heavy atom. The molecule has 3 heteroatoms. The minimum Gasteiger partial charge on any atom is -0.497 e. The maximum absolute atomic E-state index is 5.27.